The van der Waals surface area contributed by atoms with Gasteiger partial charge in [0.05, 0.1) is 7.11 Å². The molecule has 0 N–H and O–H groups in total. The van der Waals surface area contributed by atoms with E-state index in [-0.39, 0.29) is 5.76 Å². The van der Waals surface area contributed by atoms with Gasteiger partial charge in [0.2, 0.25) is 0 Å². The first-order valence-corrected chi connectivity index (χ1v) is 3.73. The molecule has 0 aromatic heterocycles. The molecule has 0 aliphatic heterocycles. The minimum Gasteiger partial charge on any atom is -0.493 e. The van der Waals surface area contributed by atoms with Crippen LogP contribution in [0, 0.1) is 0 Å². The van der Waals surface area contributed by atoms with Crippen molar-refractivity contribution in [1.29, 1.82) is 0 Å². The normalized spacial score (nSPS) is 9.00. The lowest BCUT2D eigenvalue weighted by Gasteiger charge is -2.07. The highest BCUT2D eigenvalue weighted by Gasteiger charge is 2.03. The van der Waals surface area contributed by atoms with Crippen LogP contribution in [0.3, 0.4) is 0 Å². The van der Waals surface area contributed by atoms with Gasteiger partial charge in [-0.2, -0.15) is 0 Å². The van der Waals surface area contributed by atoms with Gasteiger partial charge in [-0.3, -0.25) is 4.79 Å². The maximum absolute atomic E-state index is 10.2. The summed E-state index contributed by atoms with van der Waals surface area (Å²) in [6, 6.07) is 7.05. The van der Waals surface area contributed by atoms with Gasteiger partial charge in [0.25, 0.3) is 0 Å². The van der Waals surface area contributed by atoms with Gasteiger partial charge < -0.3 is 9.47 Å². The lowest BCUT2D eigenvalue weighted by molar-refractivity contribution is -0.106. The smallest absolute Gasteiger partial charge is 0.184 e. The Kier molecular flexibility index (Phi) is 3.09. The van der Waals surface area contributed by atoms with Gasteiger partial charge in [0.15, 0.2) is 23.5 Å². The second-order valence-corrected chi connectivity index (χ2v) is 2.34. The third kappa shape index (κ3) is 2.33. The Morgan fingerprint density at radius 1 is 1.38 bits per heavy atom. The van der Waals surface area contributed by atoms with E-state index in [1.165, 1.54) is 7.11 Å². The molecule has 68 valence electrons. The molecule has 0 aliphatic rings. The number of carbonyl (C=O) groups is 1. The molecule has 0 heterocycles. The van der Waals surface area contributed by atoms with E-state index in [1.54, 1.807) is 18.2 Å². The van der Waals surface area contributed by atoms with Gasteiger partial charge in [-0.1, -0.05) is 18.7 Å². The topological polar surface area (TPSA) is 35.5 Å². The zero-order chi connectivity index (χ0) is 9.68. The van der Waals surface area contributed by atoms with E-state index in [1.807, 2.05) is 6.07 Å². The fourth-order valence-electron chi connectivity index (χ4n) is 0.868. The summed E-state index contributed by atoms with van der Waals surface area (Å²) in [7, 11) is 1.53. The highest BCUT2D eigenvalue weighted by Crippen LogP contribution is 2.26. The highest BCUT2D eigenvalue weighted by atomic mass is 16.5. The predicted molar refractivity (Wildman–Crippen MR) is 48.8 cm³/mol. The molecule has 0 saturated heterocycles. The maximum Gasteiger partial charge on any atom is 0.184 e. The van der Waals surface area contributed by atoms with E-state index in [0.29, 0.717) is 17.8 Å². The summed E-state index contributed by atoms with van der Waals surface area (Å²) in [5, 5.41) is 0. The molecular formula is C10H10O3. The Morgan fingerprint density at radius 3 is 2.54 bits per heavy atom. The molecule has 0 unspecified atom stereocenters. The summed E-state index contributed by atoms with van der Waals surface area (Å²) >= 11 is 0. The lowest BCUT2D eigenvalue weighted by atomic mass is 10.3. The van der Waals surface area contributed by atoms with Gasteiger partial charge in [0, 0.05) is 0 Å². The number of aldehydes is 1. The third-order valence-corrected chi connectivity index (χ3v) is 1.44. The number of ether oxygens (including phenoxy) is 2. The van der Waals surface area contributed by atoms with E-state index in [0.717, 1.165) is 0 Å². The Balaban J connectivity index is 2.86. The summed E-state index contributed by atoms with van der Waals surface area (Å²) in [5.74, 6) is 1.12. The van der Waals surface area contributed by atoms with Gasteiger partial charge in [-0.15, -0.1) is 0 Å². The highest BCUT2D eigenvalue weighted by molar-refractivity contribution is 5.70. The number of methoxy groups -OCH3 is 1. The van der Waals surface area contributed by atoms with Gasteiger partial charge in [0.1, 0.15) is 0 Å². The van der Waals surface area contributed by atoms with E-state index >= 15 is 0 Å². The predicted octanol–water partition coefficient (Wildman–Crippen LogP) is 1.79. The number of para-hydroxylation sites is 2. The number of rotatable bonds is 4. The number of benzene rings is 1. The molecular weight excluding hydrogens is 168 g/mol. The van der Waals surface area contributed by atoms with E-state index in [2.05, 4.69) is 6.58 Å². The largest absolute Gasteiger partial charge is 0.493 e. The average molecular weight is 178 g/mol. The van der Waals surface area contributed by atoms with Crippen LogP contribution in [0.5, 0.6) is 11.5 Å². The van der Waals surface area contributed by atoms with Crippen LogP contribution < -0.4 is 9.47 Å². The van der Waals surface area contributed by atoms with E-state index < -0.39 is 0 Å². The maximum atomic E-state index is 10.2. The molecule has 3 nitrogen and oxygen atoms in total. The summed E-state index contributed by atoms with van der Waals surface area (Å²) in [6.07, 6.45) is 0.548. The standard InChI is InChI=1S/C10H10O3/c1-8(7-11)13-10-6-4-3-5-9(10)12-2/h3-7H,1H2,2H3. The number of hydrogen-bond donors (Lipinski definition) is 0. The van der Waals surface area contributed by atoms with Gasteiger partial charge in [-0.05, 0) is 12.1 Å². The first-order valence-electron chi connectivity index (χ1n) is 3.73. The van der Waals surface area contributed by atoms with Crippen LogP contribution in [-0.2, 0) is 4.79 Å². The van der Waals surface area contributed by atoms with Crippen molar-refractivity contribution in [3.05, 3.63) is 36.6 Å². The Bertz CT molecular complexity index is 318. The monoisotopic (exact) mass is 178 g/mol. The molecule has 3 heteroatoms. The summed E-state index contributed by atoms with van der Waals surface area (Å²) in [4.78, 5) is 10.2. The van der Waals surface area contributed by atoms with Crippen molar-refractivity contribution in [2.24, 2.45) is 0 Å². The fraction of sp³-hybridized carbons (Fsp3) is 0.100. The number of hydrogen-bond acceptors (Lipinski definition) is 3. The minimum absolute atomic E-state index is 0.0597. The van der Waals surface area contributed by atoms with Crippen molar-refractivity contribution < 1.29 is 14.3 Å². The second-order valence-electron chi connectivity index (χ2n) is 2.34. The molecule has 0 fully saturated rings. The molecule has 0 spiro atoms. The molecule has 13 heavy (non-hydrogen) atoms. The zero-order valence-electron chi connectivity index (χ0n) is 7.32. The van der Waals surface area contributed by atoms with Crippen molar-refractivity contribution in [3.63, 3.8) is 0 Å². The molecule has 1 aromatic carbocycles. The molecule has 0 saturated carbocycles. The molecule has 0 amide bonds. The molecule has 0 radical (unpaired) electrons. The molecule has 0 atom stereocenters. The first kappa shape index (κ1) is 9.32. The first-order chi connectivity index (χ1) is 6.27. The lowest BCUT2D eigenvalue weighted by Crippen LogP contribution is -1.96. The Labute approximate surface area is 76.6 Å². The Hall–Kier alpha value is -1.77. The van der Waals surface area contributed by atoms with Crippen LogP contribution in [0.15, 0.2) is 36.6 Å². The molecule has 0 bridgehead atoms. The van der Waals surface area contributed by atoms with Gasteiger partial charge in [-0.25, -0.2) is 0 Å². The van der Waals surface area contributed by atoms with Crippen molar-refractivity contribution in [2.45, 2.75) is 0 Å². The van der Waals surface area contributed by atoms with Crippen LogP contribution in [0.4, 0.5) is 0 Å². The average Bonchev–Trinajstić information content (AvgIpc) is 2.18. The summed E-state index contributed by atoms with van der Waals surface area (Å²) < 4.78 is 10.1. The van der Waals surface area contributed by atoms with Crippen molar-refractivity contribution in [1.82, 2.24) is 0 Å². The third-order valence-electron chi connectivity index (χ3n) is 1.44. The molecule has 1 aromatic rings. The fourth-order valence-corrected chi connectivity index (χ4v) is 0.868. The minimum atomic E-state index is 0.0597. The second kappa shape index (κ2) is 4.30. The quantitative estimate of drug-likeness (QED) is 0.400. The molecule has 0 aliphatic carbocycles. The van der Waals surface area contributed by atoms with Crippen molar-refractivity contribution in [3.8, 4) is 11.5 Å². The van der Waals surface area contributed by atoms with Crippen LogP contribution in [0.1, 0.15) is 0 Å². The number of carbonyl (C=O) groups excluding carboxylic acids is 1. The van der Waals surface area contributed by atoms with Crippen molar-refractivity contribution in [2.75, 3.05) is 7.11 Å². The van der Waals surface area contributed by atoms with E-state index in [4.69, 9.17) is 9.47 Å². The SMILES string of the molecule is C=C(C=O)Oc1ccccc1OC. The van der Waals surface area contributed by atoms with E-state index in [9.17, 15) is 4.79 Å². The van der Waals surface area contributed by atoms with Crippen LogP contribution in [0.25, 0.3) is 0 Å². The van der Waals surface area contributed by atoms with Gasteiger partial charge >= 0.3 is 0 Å². The Morgan fingerprint density at radius 2 is 2.00 bits per heavy atom. The van der Waals surface area contributed by atoms with Crippen LogP contribution in [0.2, 0.25) is 0 Å². The van der Waals surface area contributed by atoms with Crippen LogP contribution in [-0.4, -0.2) is 13.4 Å². The summed E-state index contributed by atoms with van der Waals surface area (Å²) in [6.45, 7) is 3.40. The summed E-state index contributed by atoms with van der Waals surface area (Å²) in [5.41, 5.74) is 0. The van der Waals surface area contributed by atoms with Crippen LogP contribution >= 0.6 is 0 Å². The van der Waals surface area contributed by atoms with Crippen molar-refractivity contribution >= 4 is 6.29 Å². The molecule has 1 rings (SSSR count). The zero-order valence-corrected chi connectivity index (χ0v) is 7.32. The number of allylic oxidation sites excluding steroid dienone is 1.